The summed E-state index contributed by atoms with van der Waals surface area (Å²) >= 11 is 0. The number of hydrogen-bond acceptors (Lipinski definition) is 5. The summed E-state index contributed by atoms with van der Waals surface area (Å²) in [5.41, 5.74) is 0.886. The van der Waals surface area contributed by atoms with Crippen molar-refractivity contribution in [2.75, 3.05) is 13.7 Å². The number of hydrogen-bond donors (Lipinski definition) is 1. The first-order valence-corrected chi connectivity index (χ1v) is 9.89. The molecule has 0 spiro atoms. The molecule has 1 heterocycles. The van der Waals surface area contributed by atoms with Gasteiger partial charge in [0.2, 0.25) is 15.9 Å². The van der Waals surface area contributed by atoms with E-state index < -0.39 is 27.1 Å². The molecule has 1 aromatic carbocycles. The van der Waals surface area contributed by atoms with Crippen LogP contribution in [0.1, 0.15) is 37.7 Å². The van der Waals surface area contributed by atoms with Gasteiger partial charge in [0.05, 0.1) is 18.3 Å². The van der Waals surface area contributed by atoms with Crippen LogP contribution in [-0.4, -0.2) is 33.3 Å². The molecule has 0 saturated heterocycles. The van der Waals surface area contributed by atoms with Gasteiger partial charge in [-0.3, -0.25) is 9.52 Å². The molecule has 1 aromatic rings. The lowest BCUT2D eigenvalue weighted by molar-refractivity contribution is -0.124. The van der Waals surface area contributed by atoms with Gasteiger partial charge in [0.1, 0.15) is 18.1 Å². The van der Waals surface area contributed by atoms with Gasteiger partial charge in [0, 0.05) is 6.07 Å². The monoisotopic (exact) mass is 353 g/mol. The van der Waals surface area contributed by atoms with E-state index in [1.807, 2.05) is 6.07 Å². The average molecular weight is 353 g/mol. The van der Waals surface area contributed by atoms with Gasteiger partial charge in [0.25, 0.3) is 0 Å². The first kappa shape index (κ1) is 17.1. The fourth-order valence-electron chi connectivity index (χ4n) is 3.33. The van der Waals surface area contributed by atoms with Crippen molar-refractivity contribution in [1.82, 2.24) is 4.72 Å². The van der Waals surface area contributed by atoms with Crippen molar-refractivity contribution in [2.24, 2.45) is 5.92 Å². The van der Waals surface area contributed by atoms with Crippen LogP contribution in [0.4, 0.5) is 0 Å². The van der Waals surface area contributed by atoms with Crippen LogP contribution in [0.25, 0.3) is 0 Å². The Hall–Kier alpha value is -1.76. The third-order valence-electron chi connectivity index (χ3n) is 4.79. The van der Waals surface area contributed by atoms with Gasteiger partial charge in [-0.1, -0.05) is 25.3 Å². The van der Waals surface area contributed by atoms with Crippen molar-refractivity contribution in [3.63, 3.8) is 0 Å². The molecule has 2 aliphatic rings. The van der Waals surface area contributed by atoms with Crippen LogP contribution in [0.15, 0.2) is 18.2 Å². The maximum atomic E-state index is 12.4. The summed E-state index contributed by atoms with van der Waals surface area (Å²) in [6, 6.07) is 5.44. The second-order valence-electron chi connectivity index (χ2n) is 6.46. The van der Waals surface area contributed by atoms with Crippen molar-refractivity contribution >= 4 is 15.9 Å². The van der Waals surface area contributed by atoms with Crippen LogP contribution in [-0.2, 0) is 21.2 Å². The highest BCUT2D eigenvalue weighted by Crippen LogP contribution is 2.31. The summed E-state index contributed by atoms with van der Waals surface area (Å²) in [5, 5.41) is -0.448. The van der Waals surface area contributed by atoms with Crippen LogP contribution < -0.4 is 14.2 Å². The minimum absolute atomic E-state index is 0.173. The molecular weight excluding hydrogens is 330 g/mol. The largest absolute Gasteiger partial charge is 0.497 e. The maximum absolute atomic E-state index is 12.4. The molecule has 24 heavy (non-hydrogen) atoms. The third kappa shape index (κ3) is 3.66. The lowest BCUT2D eigenvalue weighted by Crippen LogP contribution is -2.44. The Kier molecular flexibility index (Phi) is 4.99. The van der Waals surface area contributed by atoms with Crippen molar-refractivity contribution in [1.29, 1.82) is 0 Å². The van der Waals surface area contributed by atoms with Gasteiger partial charge < -0.3 is 9.47 Å². The summed E-state index contributed by atoms with van der Waals surface area (Å²) in [7, 11) is -2.01. The number of benzene rings is 1. The van der Waals surface area contributed by atoms with E-state index in [-0.39, 0.29) is 6.61 Å². The Bertz CT molecular complexity index is 710. The minimum atomic E-state index is -3.60. The van der Waals surface area contributed by atoms with Gasteiger partial charge in [-0.05, 0) is 30.9 Å². The molecule has 132 valence electrons. The SMILES string of the molecule is COc1ccc2c(c1)OC[C@@H](C(=O)NS(=O)(=O)C1CCCCC1)C2. The molecular formula is C17H23NO5S. The fourth-order valence-corrected chi connectivity index (χ4v) is 4.90. The second-order valence-corrected chi connectivity index (χ2v) is 8.42. The Balaban J connectivity index is 1.65. The molecule has 1 fully saturated rings. The second kappa shape index (κ2) is 7.01. The van der Waals surface area contributed by atoms with Gasteiger partial charge in [0.15, 0.2) is 0 Å². The molecule has 0 radical (unpaired) electrons. The molecule has 0 unspecified atom stereocenters. The Morgan fingerprint density at radius 3 is 2.71 bits per heavy atom. The molecule has 6 nitrogen and oxygen atoms in total. The van der Waals surface area contributed by atoms with E-state index in [0.717, 1.165) is 24.8 Å². The number of carbonyl (C=O) groups is 1. The van der Waals surface area contributed by atoms with E-state index in [4.69, 9.17) is 9.47 Å². The molecule has 1 saturated carbocycles. The van der Waals surface area contributed by atoms with Gasteiger partial charge in [-0.25, -0.2) is 8.42 Å². The normalized spacial score (nSPS) is 21.5. The summed E-state index contributed by atoms with van der Waals surface area (Å²) in [6.45, 7) is 0.173. The lowest BCUT2D eigenvalue weighted by atomic mass is 9.96. The molecule has 1 atom stereocenters. The number of nitrogens with one attached hydrogen (secondary N) is 1. The number of fused-ring (bicyclic) bond motifs is 1. The molecule has 0 bridgehead atoms. The highest BCUT2D eigenvalue weighted by atomic mass is 32.2. The highest BCUT2D eigenvalue weighted by Gasteiger charge is 2.33. The first-order chi connectivity index (χ1) is 11.5. The molecule has 7 heteroatoms. The first-order valence-electron chi connectivity index (χ1n) is 8.35. The zero-order valence-electron chi connectivity index (χ0n) is 13.8. The highest BCUT2D eigenvalue weighted by molar-refractivity contribution is 7.90. The van der Waals surface area contributed by atoms with Crippen molar-refractivity contribution < 1.29 is 22.7 Å². The average Bonchev–Trinajstić information content (AvgIpc) is 2.61. The predicted molar refractivity (Wildman–Crippen MR) is 89.6 cm³/mol. The predicted octanol–water partition coefficient (Wildman–Crippen LogP) is 2.02. The van der Waals surface area contributed by atoms with Crippen molar-refractivity contribution in [3.05, 3.63) is 23.8 Å². The van der Waals surface area contributed by atoms with E-state index in [1.165, 1.54) is 0 Å². The van der Waals surface area contributed by atoms with Gasteiger partial charge >= 0.3 is 0 Å². The number of carbonyl (C=O) groups excluding carboxylic acids is 1. The smallest absolute Gasteiger partial charge is 0.240 e. The zero-order chi connectivity index (χ0) is 17.2. The summed E-state index contributed by atoms with van der Waals surface area (Å²) in [6.07, 6.45) is 4.60. The molecule has 1 amide bonds. The number of methoxy groups -OCH3 is 1. The van der Waals surface area contributed by atoms with Crippen LogP contribution in [0.3, 0.4) is 0 Å². The van der Waals surface area contributed by atoms with Crippen LogP contribution in [0.2, 0.25) is 0 Å². The van der Waals surface area contributed by atoms with E-state index in [9.17, 15) is 13.2 Å². The summed E-state index contributed by atoms with van der Waals surface area (Å²) in [4.78, 5) is 12.4. The topological polar surface area (TPSA) is 81.7 Å². The molecule has 1 aliphatic heterocycles. The number of amides is 1. The van der Waals surface area contributed by atoms with E-state index in [1.54, 1.807) is 19.2 Å². The molecule has 3 rings (SSSR count). The van der Waals surface area contributed by atoms with E-state index in [2.05, 4.69) is 4.72 Å². The van der Waals surface area contributed by atoms with Gasteiger partial charge in [-0.15, -0.1) is 0 Å². The van der Waals surface area contributed by atoms with Gasteiger partial charge in [-0.2, -0.15) is 0 Å². The standard InChI is InChI=1S/C17H23NO5S/c1-22-14-8-7-12-9-13(11-23-16(12)10-14)17(19)18-24(20,21)15-5-3-2-4-6-15/h7-8,10,13,15H,2-6,9,11H2,1H3,(H,18,19)/t13-/m0/s1. The summed E-state index contributed by atoms with van der Waals surface area (Å²) < 4.78 is 37.8. The Labute approximate surface area is 142 Å². The quantitative estimate of drug-likeness (QED) is 0.896. The van der Waals surface area contributed by atoms with Crippen molar-refractivity contribution in [3.8, 4) is 11.5 Å². The maximum Gasteiger partial charge on any atom is 0.240 e. The summed E-state index contributed by atoms with van der Waals surface area (Å²) in [5.74, 6) is 0.413. The molecule has 1 N–H and O–H groups in total. The van der Waals surface area contributed by atoms with Crippen LogP contribution >= 0.6 is 0 Å². The van der Waals surface area contributed by atoms with Crippen LogP contribution in [0, 0.1) is 5.92 Å². The fraction of sp³-hybridized carbons (Fsp3) is 0.588. The van der Waals surface area contributed by atoms with Crippen molar-refractivity contribution in [2.45, 2.75) is 43.8 Å². The molecule has 0 aromatic heterocycles. The van der Waals surface area contributed by atoms with E-state index >= 15 is 0 Å². The minimum Gasteiger partial charge on any atom is -0.497 e. The third-order valence-corrected chi connectivity index (χ3v) is 6.62. The zero-order valence-corrected chi connectivity index (χ0v) is 14.6. The molecule has 1 aliphatic carbocycles. The Morgan fingerprint density at radius 2 is 2.00 bits per heavy atom. The number of sulfonamides is 1. The number of ether oxygens (including phenoxy) is 2. The lowest BCUT2D eigenvalue weighted by Gasteiger charge is -2.26. The Morgan fingerprint density at radius 1 is 1.25 bits per heavy atom. The number of rotatable bonds is 4. The van der Waals surface area contributed by atoms with Crippen LogP contribution in [0.5, 0.6) is 11.5 Å². The van der Waals surface area contributed by atoms with E-state index in [0.29, 0.717) is 30.8 Å².